The third kappa shape index (κ3) is 2.90. The first kappa shape index (κ1) is 12.9. The van der Waals surface area contributed by atoms with Crippen molar-refractivity contribution in [2.45, 2.75) is 38.8 Å². The van der Waals surface area contributed by atoms with Crippen LogP contribution in [0.15, 0.2) is 12.1 Å². The highest BCUT2D eigenvalue weighted by molar-refractivity contribution is 5.27. The van der Waals surface area contributed by atoms with E-state index >= 15 is 0 Å². The molecule has 1 unspecified atom stereocenters. The van der Waals surface area contributed by atoms with Crippen LogP contribution in [0.1, 0.15) is 30.7 Å². The molecule has 0 aromatic carbocycles. The predicted octanol–water partition coefficient (Wildman–Crippen LogP) is 1.77. The van der Waals surface area contributed by atoms with E-state index in [-0.39, 0.29) is 0 Å². The van der Waals surface area contributed by atoms with Crippen molar-refractivity contribution in [3.05, 3.63) is 23.5 Å². The maximum absolute atomic E-state index is 9.92. The standard InChI is InChI=1S/C15H23N3O/c1-12-5-6-15(19)14(16-12)11-17-7-3-9-18-8-2-4-13(18)10-17/h5-6,13,19H,2-4,7-11H2,1H3. The maximum Gasteiger partial charge on any atom is 0.138 e. The molecule has 0 bridgehead atoms. The predicted molar refractivity (Wildman–Crippen MR) is 75.1 cm³/mol. The number of hydrogen-bond donors (Lipinski definition) is 1. The van der Waals surface area contributed by atoms with Crippen molar-refractivity contribution in [2.24, 2.45) is 0 Å². The second kappa shape index (κ2) is 5.47. The zero-order valence-electron chi connectivity index (χ0n) is 11.7. The van der Waals surface area contributed by atoms with Gasteiger partial charge in [0.05, 0.1) is 5.69 Å². The number of aromatic hydroxyl groups is 1. The van der Waals surface area contributed by atoms with E-state index in [0.29, 0.717) is 5.75 Å². The minimum atomic E-state index is 0.332. The molecule has 2 fully saturated rings. The summed E-state index contributed by atoms with van der Waals surface area (Å²) in [6.07, 6.45) is 3.89. The van der Waals surface area contributed by atoms with Crippen LogP contribution in [0.3, 0.4) is 0 Å². The smallest absolute Gasteiger partial charge is 0.138 e. The van der Waals surface area contributed by atoms with E-state index in [1.54, 1.807) is 6.07 Å². The molecule has 1 N–H and O–H groups in total. The summed E-state index contributed by atoms with van der Waals surface area (Å²) in [4.78, 5) is 9.56. The van der Waals surface area contributed by atoms with Gasteiger partial charge in [0.15, 0.2) is 0 Å². The molecule has 0 spiro atoms. The molecule has 3 rings (SSSR count). The summed E-state index contributed by atoms with van der Waals surface area (Å²) < 4.78 is 0. The quantitative estimate of drug-likeness (QED) is 0.880. The maximum atomic E-state index is 9.92. The molecule has 0 radical (unpaired) electrons. The Morgan fingerprint density at radius 1 is 1.26 bits per heavy atom. The Kier molecular flexibility index (Phi) is 3.71. The zero-order chi connectivity index (χ0) is 13.2. The lowest BCUT2D eigenvalue weighted by molar-refractivity contribution is 0.212. The van der Waals surface area contributed by atoms with Crippen molar-refractivity contribution in [3.63, 3.8) is 0 Å². The van der Waals surface area contributed by atoms with E-state index in [2.05, 4.69) is 14.8 Å². The van der Waals surface area contributed by atoms with E-state index in [0.717, 1.165) is 37.1 Å². The van der Waals surface area contributed by atoms with Crippen LogP contribution >= 0.6 is 0 Å². The molecule has 0 aliphatic carbocycles. The lowest BCUT2D eigenvalue weighted by atomic mass is 10.2. The molecule has 2 aliphatic heterocycles. The topological polar surface area (TPSA) is 39.6 Å². The molecule has 4 nitrogen and oxygen atoms in total. The summed E-state index contributed by atoms with van der Waals surface area (Å²) >= 11 is 0. The molecule has 1 aromatic rings. The average Bonchev–Trinajstić information content (AvgIpc) is 2.73. The van der Waals surface area contributed by atoms with E-state index in [1.165, 1.54) is 32.4 Å². The first-order chi connectivity index (χ1) is 9.22. The summed E-state index contributed by atoms with van der Waals surface area (Å²) in [6.45, 7) is 7.49. The van der Waals surface area contributed by atoms with Crippen LogP contribution in [0.4, 0.5) is 0 Å². The molecular weight excluding hydrogens is 238 g/mol. The highest BCUT2D eigenvalue weighted by Crippen LogP contribution is 2.23. The van der Waals surface area contributed by atoms with Crippen molar-refractivity contribution >= 4 is 0 Å². The monoisotopic (exact) mass is 261 g/mol. The number of nitrogens with zero attached hydrogens (tertiary/aromatic N) is 3. The van der Waals surface area contributed by atoms with Gasteiger partial charge >= 0.3 is 0 Å². The number of rotatable bonds is 2. The lowest BCUT2D eigenvalue weighted by Gasteiger charge is -2.25. The first-order valence-electron chi connectivity index (χ1n) is 7.34. The summed E-state index contributed by atoms with van der Waals surface area (Å²) in [5.41, 5.74) is 1.80. The molecule has 1 atom stereocenters. The van der Waals surface area contributed by atoms with Gasteiger partial charge in [-0.05, 0) is 58.0 Å². The second-order valence-electron chi connectivity index (χ2n) is 5.84. The molecular formula is C15H23N3O. The van der Waals surface area contributed by atoms with Gasteiger partial charge in [0, 0.05) is 24.8 Å². The van der Waals surface area contributed by atoms with Crippen molar-refractivity contribution in [2.75, 3.05) is 26.2 Å². The van der Waals surface area contributed by atoms with Crippen molar-refractivity contribution in [1.29, 1.82) is 0 Å². The Morgan fingerprint density at radius 3 is 3.00 bits per heavy atom. The molecule has 2 aliphatic rings. The number of pyridine rings is 1. The first-order valence-corrected chi connectivity index (χ1v) is 7.34. The molecule has 4 heteroatoms. The summed E-state index contributed by atoms with van der Waals surface area (Å²) in [5.74, 6) is 0.332. The zero-order valence-corrected chi connectivity index (χ0v) is 11.7. The fourth-order valence-corrected chi connectivity index (χ4v) is 3.36. The van der Waals surface area contributed by atoms with Gasteiger partial charge in [-0.15, -0.1) is 0 Å². The van der Waals surface area contributed by atoms with Crippen LogP contribution in [0.5, 0.6) is 5.75 Å². The number of fused-ring (bicyclic) bond motifs is 1. The Balaban J connectivity index is 1.70. The van der Waals surface area contributed by atoms with Crippen LogP contribution in [0, 0.1) is 6.92 Å². The van der Waals surface area contributed by atoms with Crippen molar-refractivity contribution < 1.29 is 5.11 Å². The molecule has 3 heterocycles. The van der Waals surface area contributed by atoms with Gasteiger partial charge in [-0.2, -0.15) is 0 Å². The van der Waals surface area contributed by atoms with Gasteiger partial charge in [0.25, 0.3) is 0 Å². The molecule has 0 saturated carbocycles. The highest BCUT2D eigenvalue weighted by Gasteiger charge is 2.28. The second-order valence-corrected chi connectivity index (χ2v) is 5.84. The van der Waals surface area contributed by atoms with E-state index in [9.17, 15) is 5.11 Å². The molecule has 104 valence electrons. The van der Waals surface area contributed by atoms with Crippen LogP contribution < -0.4 is 0 Å². The number of aryl methyl sites for hydroxylation is 1. The summed E-state index contributed by atoms with van der Waals surface area (Å²) in [6, 6.07) is 4.34. The van der Waals surface area contributed by atoms with Crippen molar-refractivity contribution in [1.82, 2.24) is 14.8 Å². The SMILES string of the molecule is Cc1ccc(O)c(CN2CCCN3CCCC3C2)n1. The Morgan fingerprint density at radius 2 is 2.11 bits per heavy atom. The fraction of sp³-hybridized carbons (Fsp3) is 0.667. The summed E-state index contributed by atoms with van der Waals surface area (Å²) in [5, 5.41) is 9.92. The van der Waals surface area contributed by atoms with E-state index < -0.39 is 0 Å². The fourth-order valence-electron chi connectivity index (χ4n) is 3.36. The lowest BCUT2D eigenvalue weighted by Crippen LogP contribution is -2.36. The van der Waals surface area contributed by atoms with Gasteiger partial charge in [0.2, 0.25) is 0 Å². The minimum absolute atomic E-state index is 0.332. The summed E-state index contributed by atoms with van der Waals surface area (Å²) in [7, 11) is 0. The van der Waals surface area contributed by atoms with E-state index in [1.807, 2.05) is 13.0 Å². The van der Waals surface area contributed by atoms with Crippen molar-refractivity contribution in [3.8, 4) is 5.75 Å². The van der Waals surface area contributed by atoms with Gasteiger partial charge in [-0.25, -0.2) is 0 Å². The molecule has 1 aromatic heterocycles. The normalized spacial score (nSPS) is 25.2. The number of aromatic nitrogens is 1. The van der Waals surface area contributed by atoms with Crippen LogP contribution in [-0.4, -0.2) is 52.1 Å². The minimum Gasteiger partial charge on any atom is -0.506 e. The third-order valence-electron chi connectivity index (χ3n) is 4.35. The van der Waals surface area contributed by atoms with Crippen LogP contribution in [0.2, 0.25) is 0 Å². The highest BCUT2D eigenvalue weighted by atomic mass is 16.3. The van der Waals surface area contributed by atoms with E-state index in [4.69, 9.17) is 0 Å². The van der Waals surface area contributed by atoms with Gasteiger partial charge in [0.1, 0.15) is 5.75 Å². The van der Waals surface area contributed by atoms with Gasteiger partial charge < -0.3 is 5.11 Å². The Labute approximate surface area is 115 Å². The third-order valence-corrected chi connectivity index (χ3v) is 4.35. The largest absolute Gasteiger partial charge is 0.506 e. The Hall–Kier alpha value is -1.13. The Bertz CT molecular complexity index is 449. The average molecular weight is 261 g/mol. The van der Waals surface area contributed by atoms with Gasteiger partial charge in [-0.1, -0.05) is 0 Å². The molecule has 0 amide bonds. The molecule has 2 saturated heterocycles. The van der Waals surface area contributed by atoms with Crippen LogP contribution in [-0.2, 0) is 6.54 Å². The number of hydrogen-bond acceptors (Lipinski definition) is 4. The van der Waals surface area contributed by atoms with Crippen LogP contribution in [0.25, 0.3) is 0 Å². The molecule has 19 heavy (non-hydrogen) atoms. The van der Waals surface area contributed by atoms with Gasteiger partial charge in [-0.3, -0.25) is 14.8 Å².